The van der Waals surface area contributed by atoms with Gasteiger partial charge in [0.05, 0.1) is 0 Å². The van der Waals surface area contributed by atoms with E-state index in [-0.39, 0.29) is 0 Å². The van der Waals surface area contributed by atoms with E-state index in [1.807, 2.05) is 0 Å². The van der Waals surface area contributed by atoms with Gasteiger partial charge in [0.2, 0.25) is 0 Å². The minimum Gasteiger partial charge on any atom is -0.330 e. The molecule has 0 aromatic rings. The Labute approximate surface area is 130 Å². The summed E-state index contributed by atoms with van der Waals surface area (Å²) in [6.45, 7) is 3.16. The van der Waals surface area contributed by atoms with Crippen molar-refractivity contribution in [2.75, 3.05) is 6.54 Å². The van der Waals surface area contributed by atoms with Crippen molar-refractivity contribution >= 4 is 0 Å². The lowest BCUT2D eigenvalue weighted by atomic mass is 10.0. The zero-order chi connectivity index (χ0) is 16.2. The van der Waals surface area contributed by atoms with Gasteiger partial charge in [-0.2, -0.15) is 0 Å². The monoisotopic (exact) mass is 304 g/mol. The Balaban J connectivity index is 0. The number of unbranched alkanes of at least 4 members (excludes halogenated alkanes) is 13. The molecule has 5 heteroatoms. The Morgan fingerprint density at radius 2 is 1.00 bits per heavy atom. The molecule has 0 aromatic carbocycles. The summed E-state index contributed by atoms with van der Waals surface area (Å²) < 4.78 is 0. The second-order valence-corrected chi connectivity index (χ2v) is 5.62. The fraction of sp³-hybridized carbons (Fsp3) is 1.00. The summed E-state index contributed by atoms with van der Waals surface area (Å²) in [6, 6.07) is 0. The lowest BCUT2D eigenvalue weighted by molar-refractivity contribution is -0.742. The van der Waals surface area contributed by atoms with E-state index in [0.717, 1.165) is 6.54 Å². The van der Waals surface area contributed by atoms with E-state index >= 15 is 0 Å². The standard InChI is InChI=1S/C16H35N.HNO3/c1-2-3-4-5-6-7-8-9-10-11-12-13-14-15-16-17;2-1(3)4/h2-17H2,1H3;(H,2,3,4). The van der Waals surface area contributed by atoms with Crippen molar-refractivity contribution in [3.05, 3.63) is 10.1 Å². The average Bonchev–Trinajstić information content (AvgIpc) is 2.43. The molecule has 128 valence electrons. The Morgan fingerprint density at radius 1 is 0.762 bits per heavy atom. The molecule has 0 fully saturated rings. The molecule has 0 aliphatic heterocycles. The summed E-state index contributed by atoms with van der Waals surface area (Å²) in [7, 11) is 0. The third-order valence-corrected chi connectivity index (χ3v) is 3.56. The minimum absolute atomic E-state index is 0.873. The van der Waals surface area contributed by atoms with E-state index in [9.17, 15) is 0 Å². The number of hydrogen-bond donors (Lipinski definition) is 2. The second-order valence-electron chi connectivity index (χ2n) is 5.62. The molecule has 0 heterocycles. The molecule has 0 saturated heterocycles. The highest BCUT2D eigenvalue weighted by molar-refractivity contribution is 4.49. The van der Waals surface area contributed by atoms with E-state index < -0.39 is 5.09 Å². The third-order valence-electron chi connectivity index (χ3n) is 3.56. The Morgan fingerprint density at radius 3 is 1.24 bits per heavy atom. The minimum atomic E-state index is -1.50. The average molecular weight is 304 g/mol. The van der Waals surface area contributed by atoms with Gasteiger partial charge in [0, 0.05) is 0 Å². The van der Waals surface area contributed by atoms with Crippen molar-refractivity contribution < 1.29 is 10.3 Å². The molecule has 3 N–H and O–H groups in total. The second kappa shape index (κ2) is 21.5. The van der Waals surface area contributed by atoms with Gasteiger partial charge < -0.3 is 10.9 Å². The van der Waals surface area contributed by atoms with E-state index in [0.29, 0.717) is 0 Å². The van der Waals surface area contributed by atoms with Crippen molar-refractivity contribution in [2.24, 2.45) is 5.73 Å². The zero-order valence-corrected chi connectivity index (χ0v) is 13.9. The number of nitrogens with zero attached hydrogens (tertiary/aromatic N) is 1. The fourth-order valence-corrected chi connectivity index (χ4v) is 2.34. The van der Waals surface area contributed by atoms with Crippen LogP contribution in [0, 0.1) is 10.1 Å². The summed E-state index contributed by atoms with van der Waals surface area (Å²) in [4.78, 5) is 8.36. The van der Waals surface area contributed by atoms with Gasteiger partial charge in [0.1, 0.15) is 0 Å². The summed E-state index contributed by atoms with van der Waals surface area (Å²) in [5.41, 5.74) is 5.47. The van der Waals surface area contributed by atoms with Crippen LogP contribution in [0.15, 0.2) is 0 Å². The largest absolute Gasteiger partial charge is 0.330 e. The maximum Gasteiger partial charge on any atom is 0.291 e. The van der Waals surface area contributed by atoms with Gasteiger partial charge in [-0.15, -0.1) is 10.1 Å². The first-order valence-electron chi connectivity index (χ1n) is 8.68. The summed E-state index contributed by atoms with van der Waals surface area (Å²) in [6.07, 6.45) is 19.9. The number of nitrogens with two attached hydrogens (primary N) is 1. The van der Waals surface area contributed by atoms with Crippen LogP contribution in [0.1, 0.15) is 96.8 Å². The topological polar surface area (TPSA) is 89.4 Å². The number of hydrogen-bond acceptors (Lipinski definition) is 3. The van der Waals surface area contributed by atoms with Crippen LogP contribution < -0.4 is 5.73 Å². The maximum atomic E-state index is 8.36. The van der Waals surface area contributed by atoms with Gasteiger partial charge >= 0.3 is 0 Å². The van der Waals surface area contributed by atoms with Crippen LogP contribution in [-0.4, -0.2) is 16.8 Å². The van der Waals surface area contributed by atoms with Gasteiger partial charge in [0.15, 0.2) is 0 Å². The SMILES string of the molecule is CCCCCCCCCCCCCCCCN.O=[N+]([O-])O. The van der Waals surface area contributed by atoms with Gasteiger partial charge in [-0.25, -0.2) is 0 Å². The van der Waals surface area contributed by atoms with Crippen molar-refractivity contribution in [3.63, 3.8) is 0 Å². The summed E-state index contributed by atoms with van der Waals surface area (Å²) in [5, 5.41) is 13.6. The number of rotatable bonds is 14. The van der Waals surface area contributed by atoms with E-state index in [1.54, 1.807) is 0 Å². The molecule has 0 atom stereocenters. The fourth-order valence-electron chi connectivity index (χ4n) is 2.34. The molecule has 0 aliphatic carbocycles. The molecule has 0 unspecified atom stereocenters. The van der Waals surface area contributed by atoms with Crippen LogP contribution in [0.2, 0.25) is 0 Å². The van der Waals surface area contributed by atoms with Crippen LogP contribution in [0.3, 0.4) is 0 Å². The van der Waals surface area contributed by atoms with Crippen molar-refractivity contribution in [2.45, 2.75) is 96.8 Å². The van der Waals surface area contributed by atoms with E-state index in [1.165, 1.54) is 89.9 Å². The highest BCUT2D eigenvalue weighted by Gasteiger charge is 1.93. The molecule has 0 radical (unpaired) electrons. The highest BCUT2D eigenvalue weighted by atomic mass is 16.9. The smallest absolute Gasteiger partial charge is 0.291 e. The lowest BCUT2D eigenvalue weighted by Crippen LogP contribution is -1.97. The van der Waals surface area contributed by atoms with Crippen LogP contribution in [-0.2, 0) is 0 Å². The maximum absolute atomic E-state index is 8.36. The Bertz CT molecular complexity index is 184. The highest BCUT2D eigenvalue weighted by Crippen LogP contribution is 2.12. The Hall–Kier alpha value is -0.840. The third kappa shape index (κ3) is 32.6. The predicted molar refractivity (Wildman–Crippen MR) is 88.1 cm³/mol. The van der Waals surface area contributed by atoms with Crippen molar-refractivity contribution in [3.8, 4) is 0 Å². The molecule has 0 aliphatic rings. The van der Waals surface area contributed by atoms with E-state index in [4.69, 9.17) is 21.1 Å². The predicted octanol–water partition coefficient (Wildman–Crippen LogP) is 5.08. The molecule has 21 heavy (non-hydrogen) atoms. The summed E-state index contributed by atoms with van der Waals surface area (Å²) >= 11 is 0. The Kier molecular flexibility index (Phi) is 22.9. The quantitative estimate of drug-likeness (QED) is 0.266. The van der Waals surface area contributed by atoms with Crippen molar-refractivity contribution in [1.29, 1.82) is 0 Å². The van der Waals surface area contributed by atoms with Crippen LogP contribution >= 0.6 is 0 Å². The molecule has 0 rings (SSSR count). The summed E-state index contributed by atoms with van der Waals surface area (Å²) in [5.74, 6) is 0. The molecule has 0 amide bonds. The normalized spacial score (nSPS) is 10.0. The van der Waals surface area contributed by atoms with E-state index in [2.05, 4.69) is 6.92 Å². The molecule has 0 spiro atoms. The van der Waals surface area contributed by atoms with Gasteiger partial charge in [-0.05, 0) is 13.0 Å². The zero-order valence-electron chi connectivity index (χ0n) is 13.9. The molecule has 0 saturated carbocycles. The van der Waals surface area contributed by atoms with Gasteiger partial charge in [0.25, 0.3) is 5.09 Å². The van der Waals surface area contributed by atoms with Gasteiger partial charge in [-0.1, -0.05) is 90.4 Å². The first-order chi connectivity index (χ1) is 10.1. The molecular formula is C16H36N2O3. The van der Waals surface area contributed by atoms with Crippen LogP contribution in [0.4, 0.5) is 0 Å². The van der Waals surface area contributed by atoms with Crippen LogP contribution in [0.5, 0.6) is 0 Å². The van der Waals surface area contributed by atoms with Crippen LogP contribution in [0.25, 0.3) is 0 Å². The molecule has 5 nitrogen and oxygen atoms in total. The lowest BCUT2D eigenvalue weighted by Gasteiger charge is -2.02. The van der Waals surface area contributed by atoms with Gasteiger partial charge in [-0.3, -0.25) is 0 Å². The first kappa shape index (κ1) is 22.4. The molecule has 0 aromatic heterocycles. The molecular weight excluding hydrogens is 268 g/mol. The van der Waals surface area contributed by atoms with Crippen molar-refractivity contribution in [1.82, 2.24) is 0 Å². The first-order valence-corrected chi connectivity index (χ1v) is 8.68. The molecule has 0 bridgehead atoms.